The highest BCUT2D eigenvalue weighted by Gasteiger charge is 1.93. The quantitative estimate of drug-likeness (QED) is 0.235. The summed E-state index contributed by atoms with van der Waals surface area (Å²) in [4.78, 5) is 0. The number of rotatable bonds is 14. The lowest BCUT2D eigenvalue weighted by molar-refractivity contribution is 0.540. The smallest absolute Gasteiger partial charge is 0.0267 e. The molecule has 0 spiro atoms. The summed E-state index contributed by atoms with van der Waals surface area (Å²) in [6, 6.07) is 0. The largest absolute Gasteiger partial charge is 0.103 e. The van der Waals surface area contributed by atoms with Gasteiger partial charge in [-0.3, -0.25) is 0 Å². The van der Waals surface area contributed by atoms with Crippen LogP contribution in [-0.4, -0.2) is 0 Å². The maximum Gasteiger partial charge on any atom is 0.0267 e. The molecule has 0 aromatic carbocycles. The Kier molecular flexibility index (Phi) is 13.7. The minimum Gasteiger partial charge on any atom is -0.103 e. The summed E-state index contributed by atoms with van der Waals surface area (Å²) in [5.74, 6) is 0. The summed E-state index contributed by atoms with van der Waals surface area (Å²) in [6.07, 6.45) is 19.0. The molecule has 1 atom stereocenters. The van der Waals surface area contributed by atoms with Crippen LogP contribution in [0.2, 0.25) is 0 Å². The molecular weight excluding hydrogens is 204 g/mol. The molecule has 0 amide bonds. The van der Waals surface area contributed by atoms with Crippen molar-refractivity contribution in [2.45, 2.75) is 96.8 Å². The van der Waals surface area contributed by atoms with Gasteiger partial charge in [0.15, 0.2) is 0 Å². The van der Waals surface area contributed by atoms with Crippen LogP contribution in [0.15, 0.2) is 12.7 Å². The third-order valence-corrected chi connectivity index (χ3v) is 3.34. The van der Waals surface area contributed by atoms with Gasteiger partial charge in [0.1, 0.15) is 0 Å². The number of unbranched alkanes of at least 4 members (excludes halogenated alkanes) is 9. The first kappa shape index (κ1) is 14.8. The molecule has 0 bridgehead atoms. The van der Waals surface area contributed by atoms with Gasteiger partial charge in [0.2, 0.25) is 0 Å². The minimum atomic E-state index is 0.150. The fourth-order valence-electron chi connectivity index (χ4n) is 2.16. The summed E-state index contributed by atoms with van der Waals surface area (Å²) in [6.45, 7) is 5.98. The van der Waals surface area contributed by atoms with Gasteiger partial charge in [0.25, 0.3) is 0 Å². The topological polar surface area (TPSA) is 0 Å². The second-order valence-corrected chi connectivity index (χ2v) is 5.13. The Bertz CT molecular complexity index is 165. The van der Waals surface area contributed by atoms with Crippen molar-refractivity contribution >= 4 is 0 Å². The molecule has 17 heavy (non-hydrogen) atoms. The van der Waals surface area contributed by atoms with Crippen LogP contribution in [0.5, 0.6) is 0 Å². The Balaban J connectivity index is 3.04. The van der Waals surface area contributed by atoms with Crippen molar-refractivity contribution in [2.24, 2.45) is 0 Å². The van der Waals surface area contributed by atoms with E-state index < -0.39 is 0 Å². The van der Waals surface area contributed by atoms with Crippen LogP contribution in [-0.2, 0) is 0 Å². The van der Waals surface area contributed by atoms with E-state index in [1.807, 2.05) is 6.08 Å². The lowest BCUT2D eigenvalue weighted by atomic mass is 10.0. The van der Waals surface area contributed by atoms with Crippen LogP contribution in [0.3, 0.4) is 0 Å². The molecule has 0 aliphatic heterocycles. The Hall–Kier alpha value is -0.260. The number of hydrogen-bond donors (Lipinski definition) is 0. The average Bonchev–Trinajstić information content (AvgIpc) is 2.38. The van der Waals surface area contributed by atoms with Gasteiger partial charge in [0.05, 0.1) is 0 Å². The first-order valence-corrected chi connectivity index (χ1v) is 7.84. The molecule has 0 aliphatic rings. The molecule has 0 aromatic heterocycles. The molecule has 0 N–H and O–H groups in total. The van der Waals surface area contributed by atoms with Crippen LogP contribution in [0.4, 0.5) is 0 Å². The average molecular weight is 239 g/mol. The molecule has 0 nitrogen and oxygen atoms in total. The molecule has 0 radical (unpaired) electrons. The van der Waals surface area contributed by atoms with Crippen LogP contribution in [0.25, 0.3) is 0 Å². The molecule has 0 heteroatoms. The number of hydrogen-bond acceptors (Lipinski definition) is 0. The van der Waals surface area contributed by atoms with Gasteiger partial charge < -0.3 is 0 Å². The zero-order valence-corrected chi connectivity index (χ0v) is 12.1. The highest BCUT2D eigenvalue weighted by Crippen LogP contribution is 2.12. The standard InChI is InChI=1S/C17H34/c1-3-5-7-9-11-13-15-17-16-14-12-10-8-6-4-2/h3H,1,4-17H2,2H3/i9D/t9-/m1/s1. The van der Waals surface area contributed by atoms with Crippen LogP contribution in [0.1, 0.15) is 98.2 Å². The molecule has 0 aliphatic carbocycles. The van der Waals surface area contributed by atoms with Gasteiger partial charge in [-0.1, -0.05) is 90.0 Å². The third kappa shape index (κ3) is 15.7. The first-order chi connectivity index (χ1) is 8.81. The van der Waals surface area contributed by atoms with Gasteiger partial charge in [-0.2, -0.15) is 0 Å². The van der Waals surface area contributed by atoms with Crippen LogP contribution >= 0.6 is 0 Å². The van der Waals surface area contributed by atoms with Gasteiger partial charge in [-0.25, -0.2) is 0 Å². The van der Waals surface area contributed by atoms with E-state index in [4.69, 9.17) is 1.37 Å². The SMILES string of the molecule is [2H][C@H](CCC=C)CCCCCCCCCCCC. The summed E-state index contributed by atoms with van der Waals surface area (Å²) in [5, 5.41) is 0. The zero-order chi connectivity index (χ0) is 13.5. The number of allylic oxidation sites excluding steroid dienone is 1. The van der Waals surface area contributed by atoms with Crippen molar-refractivity contribution in [3.8, 4) is 0 Å². The van der Waals surface area contributed by atoms with Gasteiger partial charge in [0, 0.05) is 1.37 Å². The molecule has 0 saturated carbocycles. The van der Waals surface area contributed by atoms with Crippen molar-refractivity contribution in [3.63, 3.8) is 0 Å². The predicted octanol–water partition coefficient (Wildman–Crippen LogP) is 6.65. The normalized spacial score (nSPS) is 13.4. The first-order valence-electron chi connectivity index (χ1n) is 8.42. The minimum absolute atomic E-state index is 0.150. The van der Waals surface area contributed by atoms with Gasteiger partial charge in [-0.15, -0.1) is 6.58 Å². The molecular formula is C17H34. The van der Waals surface area contributed by atoms with Crippen molar-refractivity contribution < 1.29 is 1.37 Å². The molecule has 0 saturated heterocycles. The van der Waals surface area contributed by atoms with Crippen molar-refractivity contribution in [1.29, 1.82) is 0 Å². The molecule has 102 valence electrons. The highest BCUT2D eigenvalue weighted by molar-refractivity contribution is 4.65. The zero-order valence-electron chi connectivity index (χ0n) is 13.1. The highest BCUT2D eigenvalue weighted by atomic mass is 14.0. The van der Waals surface area contributed by atoms with E-state index in [1.54, 1.807) is 0 Å². The Labute approximate surface area is 111 Å². The van der Waals surface area contributed by atoms with E-state index in [9.17, 15) is 0 Å². The van der Waals surface area contributed by atoms with E-state index in [-0.39, 0.29) is 6.40 Å². The maximum atomic E-state index is 7.84. The lowest BCUT2D eigenvalue weighted by Gasteiger charge is -2.02. The summed E-state index contributed by atoms with van der Waals surface area (Å²) in [7, 11) is 0. The van der Waals surface area contributed by atoms with E-state index in [0.717, 1.165) is 19.3 Å². The maximum absolute atomic E-state index is 7.84. The predicted molar refractivity (Wildman–Crippen MR) is 80.5 cm³/mol. The van der Waals surface area contributed by atoms with E-state index >= 15 is 0 Å². The van der Waals surface area contributed by atoms with Gasteiger partial charge >= 0.3 is 0 Å². The fraction of sp³-hybridized carbons (Fsp3) is 0.882. The second kappa shape index (κ2) is 15.7. The lowest BCUT2D eigenvalue weighted by Crippen LogP contribution is -1.82. The molecule has 0 unspecified atom stereocenters. The van der Waals surface area contributed by atoms with Gasteiger partial charge in [-0.05, 0) is 12.8 Å². The molecule has 0 heterocycles. The second-order valence-electron chi connectivity index (χ2n) is 5.13. The Morgan fingerprint density at radius 1 is 0.765 bits per heavy atom. The van der Waals surface area contributed by atoms with Crippen LogP contribution < -0.4 is 0 Å². The third-order valence-electron chi connectivity index (χ3n) is 3.34. The summed E-state index contributed by atoms with van der Waals surface area (Å²) < 4.78 is 7.84. The van der Waals surface area contributed by atoms with Crippen LogP contribution in [0, 0.1) is 0 Å². The van der Waals surface area contributed by atoms with E-state index in [1.165, 1.54) is 64.2 Å². The summed E-state index contributed by atoms with van der Waals surface area (Å²) >= 11 is 0. The monoisotopic (exact) mass is 239 g/mol. The van der Waals surface area contributed by atoms with Crippen molar-refractivity contribution in [1.82, 2.24) is 0 Å². The molecule has 0 fully saturated rings. The molecule has 0 aromatic rings. The Morgan fingerprint density at radius 2 is 1.24 bits per heavy atom. The van der Waals surface area contributed by atoms with E-state index in [2.05, 4.69) is 13.5 Å². The Morgan fingerprint density at radius 3 is 1.71 bits per heavy atom. The van der Waals surface area contributed by atoms with E-state index in [0.29, 0.717) is 0 Å². The molecule has 0 rings (SSSR count). The van der Waals surface area contributed by atoms with Crippen molar-refractivity contribution in [2.75, 3.05) is 0 Å². The summed E-state index contributed by atoms with van der Waals surface area (Å²) in [5.41, 5.74) is 0. The fourth-order valence-corrected chi connectivity index (χ4v) is 2.16. The van der Waals surface area contributed by atoms with Crippen molar-refractivity contribution in [3.05, 3.63) is 12.7 Å².